The van der Waals surface area contributed by atoms with Gasteiger partial charge in [0.1, 0.15) is 0 Å². The molecule has 0 radical (unpaired) electrons. The fourth-order valence-corrected chi connectivity index (χ4v) is 2.48. The molecule has 2 heteroatoms. The van der Waals surface area contributed by atoms with E-state index in [1.165, 1.54) is 51.4 Å². The molecule has 2 unspecified atom stereocenters. The van der Waals surface area contributed by atoms with Gasteiger partial charge in [0.05, 0.1) is 12.2 Å². The maximum atomic E-state index is 9.86. The lowest BCUT2D eigenvalue weighted by atomic mass is 10.0. The van der Waals surface area contributed by atoms with Crippen molar-refractivity contribution in [2.75, 3.05) is 0 Å². The van der Waals surface area contributed by atoms with E-state index in [-0.39, 0.29) is 12.2 Å². The molecule has 0 amide bonds. The Morgan fingerprint density at radius 2 is 1.05 bits per heavy atom. The lowest BCUT2D eigenvalue weighted by molar-refractivity contribution is 0.146. The Labute approximate surface area is 120 Å². The van der Waals surface area contributed by atoms with E-state index >= 15 is 0 Å². The molecule has 0 aliphatic rings. The van der Waals surface area contributed by atoms with Crippen LogP contribution in [0.5, 0.6) is 0 Å². The Kier molecular flexibility index (Phi) is 14.3. The molecule has 0 rings (SSSR count). The van der Waals surface area contributed by atoms with Crippen molar-refractivity contribution in [2.24, 2.45) is 0 Å². The Balaban J connectivity index is 3.14. The number of aliphatic hydroxyl groups is 2. The van der Waals surface area contributed by atoms with E-state index < -0.39 is 0 Å². The third kappa shape index (κ3) is 15.9. The fraction of sp³-hybridized carbons (Fsp3) is 1.00. The van der Waals surface area contributed by atoms with Crippen LogP contribution in [0.4, 0.5) is 0 Å². The van der Waals surface area contributed by atoms with Crippen LogP contribution in [-0.2, 0) is 0 Å². The van der Waals surface area contributed by atoms with Gasteiger partial charge in [-0.1, -0.05) is 71.1 Å². The molecule has 0 aromatic carbocycles. The zero-order chi connectivity index (χ0) is 14.3. The van der Waals surface area contributed by atoms with Crippen LogP contribution in [0.25, 0.3) is 0 Å². The van der Waals surface area contributed by atoms with Crippen molar-refractivity contribution in [1.82, 2.24) is 0 Å². The highest BCUT2D eigenvalue weighted by Crippen LogP contribution is 2.13. The Bertz CT molecular complexity index is 169. The molecule has 0 aromatic heterocycles. The summed E-state index contributed by atoms with van der Waals surface area (Å²) in [6.45, 7) is 4.09. The summed E-state index contributed by atoms with van der Waals surface area (Å²) in [6, 6.07) is 0. The summed E-state index contributed by atoms with van der Waals surface area (Å²) in [5, 5.41) is 19.0. The van der Waals surface area contributed by atoms with Crippen LogP contribution < -0.4 is 0 Å². The van der Waals surface area contributed by atoms with Gasteiger partial charge < -0.3 is 10.2 Å². The number of hydrogen-bond donors (Lipinski definition) is 2. The number of rotatable bonds is 14. The van der Waals surface area contributed by atoms with Gasteiger partial charge in [0.2, 0.25) is 0 Å². The maximum absolute atomic E-state index is 9.86. The van der Waals surface area contributed by atoms with E-state index in [0.717, 1.165) is 32.1 Å². The summed E-state index contributed by atoms with van der Waals surface area (Å²) in [5.74, 6) is 0. The molecule has 0 bridgehead atoms. The van der Waals surface area contributed by atoms with E-state index in [0.29, 0.717) is 0 Å². The van der Waals surface area contributed by atoms with Gasteiger partial charge >= 0.3 is 0 Å². The summed E-state index contributed by atoms with van der Waals surface area (Å²) in [6.07, 6.45) is 15.1. The van der Waals surface area contributed by atoms with Gasteiger partial charge in [-0.2, -0.15) is 0 Å². The average Bonchev–Trinajstić information content (AvgIpc) is 2.37. The van der Waals surface area contributed by atoms with E-state index in [4.69, 9.17) is 5.11 Å². The molecular formula is C17H36O2. The highest BCUT2D eigenvalue weighted by molar-refractivity contribution is 4.58. The van der Waals surface area contributed by atoms with Crippen molar-refractivity contribution in [1.29, 1.82) is 0 Å². The zero-order valence-corrected chi connectivity index (χ0v) is 13.2. The second kappa shape index (κ2) is 14.3. The monoisotopic (exact) mass is 272 g/mol. The predicted octanol–water partition coefficient (Wildman–Crippen LogP) is 4.82. The van der Waals surface area contributed by atoms with Gasteiger partial charge in [-0.15, -0.1) is 0 Å². The number of hydrogen-bond acceptors (Lipinski definition) is 2. The van der Waals surface area contributed by atoms with Crippen LogP contribution >= 0.6 is 0 Å². The summed E-state index contributed by atoms with van der Waals surface area (Å²) in [7, 11) is 0. The van der Waals surface area contributed by atoms with Crippen LogP contribution in [0.2, 0.25) is 0 Å². The van der Waals surface area contributed by atoms with Crippen molar-refractivity contribution < 1.29 is 10.2 Å². The summed E-state index contributed by atoms with van der Waals surface area (Å²) >= 11 is 0. The minimum Gasteiger partial charge on any atom is -0.393 e. The maximum Gasteiger partial charge on any atom is 0.0540 e. The molecule has 0 heterocycles. The van der Waals surface area contributed by atoms with E-state index in [1.807, 2.05) is 6.92 Å². The molecule has 2 atom stereocenters. The lowest BCUT2D eigenvalue weighted by Crippen LogP contribution is -2.06. The minimum absolute atomic E-state index is 0.0806. The molecule has 0 aliphatic carbocycles. The Morgan fingerprint density at radius 1 is 0.632 bits per heavy atom. The Morgan fingerprint density at radius 3 is 1.53 bits per heavy atom. The highest BCUT2D eigenvalue weighted by atomic mass is 16.3. The van der Waals surface area contributed by atoms with Gasteiger partial charge in [-0.25, -0.2) is 0 Å². The fourth-order valence-electron chi connectivity index (χ4n) is 2.48. The molecule has 0 fully saturated rings. The first-order valence-corrected chi connectivity index (χ1v) is 8.53. The molecule has 0 saturated carbocycles. The number of aliphatic hydroxyl groups excluding tert-OH is 2. The van der Waals surface area contributed by atoms with Crippen LogP contribution in [0.15, 0.2) is 0 Å². The first-order valence-electron chi connectivity index (χ1n) is 8.53. The third-order valence-electron chi connectivity index (χ3n) is 3.80. The second-order valence-corrected chi connectivity index (χ2v) is 6.05. The number of unbranched alkanes of at least 4 members (excludes halogenated alkanes) is 8. The third-order valence-corrected chi connectivity index (χ3v) is 3.80. The molecule has 2 N–H and O–H groups in total. The molecule has 116 valence electrons. The second-order valence-electron chi connectivity index (χ2n) is 6.05. The zero-order valence-electron chi connectivity index (χ0n) is 13.2. The van der Waals surface area contributed by atoms with Crippen LogP contribution in [0.1, 0.15) is 97.3 Å². The normalized spacial score (nSPS) is 14.5. The van der Waals surface area contributed by atoms with Crippen molar-refractivity contribution in [3.8, 4) is 0 Å². The average molecular weight is 272 g/mol. The standard InChI is InChI=1S/C17H36O2/c1-3-4-5-6-7-11-14-17(19)15-12-9-8-10-13-16(2)18/h16-19H,3-15H2,1-2H3. The van der Waals surface area contributed by atoms with Crippen molar-refractivity contribution in [3.05, 3.63) is 0 Å². The molecule has 19 heavy (non-hydrogen) atoms. The van der Waals surface area contributed by atoms with Gasteiger partial charge in [-0.3, -0.25) is 0 Å². The first-order chi connectivity index (χ1) is 9.16. The van der Waals surface area contributed by atoms with Crippen molar-refractivity contribution >= 4 is 0 Å². The summed E-state index contributed by atoms with van der Waals surface area (Å²) in [4.78, 5) is 0. The van der Waals surface area contributed by atoms with Gasteiger partial charge in [0.25, 0.3) is 0 Å². The topological polar surface area (TPSA) is 40.5 Å². The van der Waals surface area contributed by atoms with E-state index in [2.05, 4.69) is 6.92 Å². The molecular weight excluding hydrogens is 236 g/mol. The van der Waals surface area contributed by atoms with Crippen molar-refractivity contribution in [3.63, 3.8) is 0 Å². The van der Waals surface area contributed by atoms with Crippen LogP contribution in [0, 0.1) is 0 Å². The molecule has 0 saturated heterocycles. The quantitative estimate of drug-likeness (QED) is 0.445. The minimum atomic E-state index is -0.154. The highest BCUT2D eigenvalue weighted by Gasteiger charge is 2.03. The molecule has 0 aliphatic heterocycles. The summed E-state index contributed by atoms with van der Waals surface area (Å²) in [5.41, 5.74) is 0. The first kappa shape index (κ1) is 18.9. The van der Waals surface area contributed by atoms with E-state index in [9.17, 15) is 5.11 Å². The molecule has 0 spiro atoms. The SMILES string of the molecule is CCCCCCCCC(O)CCCCCCC(C)O. The molecule has 2 nitrogen and oxygen atoms in total. The van der Waals surface area contributed by atoms with E-state index in [1.54, 1.807) is 0 Å². The van der Waals surface area contributed by atoms with Gasteiger partial charge in [0.15, 0.2) is 0 Å². The van der Waals surface area contributed by atoms with Crippen LogP contribution in [0.3, 0.4) is 0 Å². The lowest BCUT2D eigenvalue weighted by Gasteiger charge is -2.10. The van der Waals surface area contributed by atoms with Gasteiger partial charge in [0, 0.05) is 0 Å². The smallest absolute Gasteiger partial charge is 0.0540 e. The molecule has 0 aromatic rings. The van der Waals surface area contributed by atoms with Crippen LogP contribution in [-0.4, -0.2) is 22.4 Å². The largest absolute Gasteiger partial charge is 0.393 e. The Hall–Kier alpha value is -0.0800. The predicted molar refractivity (Wildman–Crippen MR) is 83.4 cm³/mol. The summed E-state index contributed by atoms with van der Waals surface area (Å²) < 4.78 is 0. The van der Waals surface area contributed by atoms with Crippen molar-refractivity contribution in [2.45, 2.75) is 110 Å². The van der Waals surface area contributed by atoms with Gasteiger partial charge in [-0.05, 0) is 26.2 Å².